The summed E-state index contributed by atoms with van der Waals surface area (Å²) in [7, 11) is 1.62. The lowest BCUT2D eigenvalue weighted by Crippen LogP contribution is -2.28. The van der Waals surface area contributed by atoms with Gasteiger partial charge in [-0.25, -0.2) is 0 Å². The Morgan fingerprint density at radius 1 is 1.24 bits per heavy atom. The van der Waals surface area contributed by atoms with Crippen LogP contribution in [0, 0.1) is 0 Å². The third-order valence-corrected chi connectivity index (χ3v) is 3.72. The van der Waals surface area contributed by atoms with E-state index >= 15 is 0 Å². The van der Waals surface area contributed by atoms with Crippen LogP contribution in [0.2, 0.25) is 0 Å². The summed E-state index contributed by atoms with van der Waals surface area (Å²) in [5, 5.41) is 3.01. The second-order valence-electron chi connectivity index (χ2n) is 4.87. The molecule has 0 aliphatic rings. The molecule has 4 heteroatoms. The number of carbonyl (C=O) groups excluding carboxylic acids is 1. The Hall–Kier alpha value is -1.81. The van der Waals surface area contributed by atoms with Crippen molar-refractivity contribution in [2.45, 2.75) is 19.4 Å². The smallest absolute Gasteiger partial charge is 0.224 e. The second-order valence-corrected chi connectivity index (χ2v) is 5.79. The summed E-state index contributed by atoms with van der Waals surface area (Å²) in [6.45, 7) is 1.98. The van der Waals surface area contributed by atoms with Crippen LogP contribution in [0.5, 0.6) is 5.75 Å². The molecule has 0 spiro atoms. The first-order chi connectivity index (χ1) is 10.1. The van der Waals surface area contributed by atoms with Gasteiger partial charge in [0.25, 0.3) is 0 Å². The van der Waals surface area contributed by atoms with Crippen molar-refractivity contribution in [2.24, 2.45) is 0 Å². The molecule has 0 aliphatic heterocycles. The number of nitrogens with one attached hydrogen (secondary N) is 1. The van der Waals surface area contributed by atoms with Crippen molar-refractivity contribution < 1.29 is 9.53 Å². The van der Waals surface area contributed by atoms with Gasteiger partial charge in [-0.1, -0.05) is 40.2 Å². The van der Waals surface area contributed by atoms with E-state index in [2.05, 4.69) is 21.2 Å². The summed E-state index contributed by atoms with van der Waals surface area (Å²) in [5.74, 6) is 0.760. The van der Waals surface area contributed by atoms with E-state index in [4.69, 9.17) is 4.74 Å². The molecule has 0 aliphatic carbocycles. The summed E-state index contributed by atoms with van der Waals surface area (Å²) in [5.41, 5.74) is 2.01. The van der Waals surface area contributed by atoms with E-state index in [0.717, 1.165) is 21.3 Å². The number of carbonyl (C=O) groups is 1. The van der Waals surface area contributed by atoms with E-state index in [1.165, 1.54) is 0 Å². The zero-order valence-corrected chi connectivity index (χ0v) is 13.7. The summed E-state index contributed by atoms with van der Waals surface area (Å²) < 4.78 is 6.17. The molecule has 0 fully saturated rings. The highest BCUT2D eigenvalue weighted by Crippen LogP contribution is 2.18. The molecule has 0 saturated heterocycles. The van der Waals surface area contributed by atoms with E-state index in [-0.39, 0.29) is 11.9 Å². The van der Waals surface area contributed by atoms with Crippen molar-refractivity contribution in [2.75, 3.05) is 7.11 Å². The van der Waals surface area contributed by atoms with Crippen molar-refractivity contribution in [3.8, 4) is 5.75 Å². The van der Waals surface area contributed by atoms with Gasteiger partial charge in [-0.15, -0.1) is 0 Å². The van der Waals surface area contributed by atoms with E-state index in [0.29, 0.717) is 6.42 Å². The first-order valence-electron chi connectivity index (χ1n) is 6.76. The highest BCUT2D eigenvalue weighted by Gasteiger charge is 2.10. The van der Waals surface area contributed by atoms with Gasteiger partial charge < -0.3 is 10.1 Å². The first-order valence-corrected chi connectivity index (χ1v) is 7.55. The number of halogens is 1. The average molecular weight is 348 g/mol. The van der Waals surface area contributed by atoms with Gasteiger partial charge in [0.2, 0.25) is 5.91 Å². The predicted molar refractivity (Wildman–Crippen MR) is 87.4 cm³/mol. The minimum absolute atomic E-state index is 0.00396. The second kappa shape index (κ2) is 7.27. The van der Waals surface area contributed by atoms with E-state index in [1.807, 2.05) is 55.5 Å². The van der Waals surface area contributed by atoms with Crippen LogP contribution in [0.3, 0.4) is 0 Å². The molecule has 0 heterocycles. The molecule has 0 saturated carbocycles. The molecule has 3 nitrogen and oxygen atoms in total. The van der Waals surface area contributed by atoms with Crippen LogP contribution in [-0.4, -0.2) is 13.0 Å². The van der Waals surface area contributed by atoms with Crippen LogP contribution < -0.4 is 10.1 Å². The Kier molecular flexibility index (Phi) is 5.39. The zero-order chi connectivity index (χ0) is 15.2. The molecule has 1 N–H and O–H groups in total. The summed E-state index contributed by atoms with van der Waals surface area (Å²) in [6.07, 6.45) is 0.343. The van der Waals surface area contributed by atoms with Crippen molar-refractivity contribution in [3.63, 3.8) is 0 Å². The average Bonchev–Trinajstić information content (AvgIpc) is 2.47. The Morgan fingerprint density at radius 2 is 2.00 bits per heavy atom. The standard InChI is InChI=1S/C17H18BrNO2/c1-12(14-6-4-7-15(18)11-14)19-17(20)10-13-5-3-8-16(9-13)21-2/h3-9,11-12H,10H2,1-2H3,(H,19,20)/t12-/m0/s1. The quantitative estimate of drug-likeness (QED) is 0.891. The van der Waals surface area contributed by atoms with E-state index in [1.54, 1.807) is 7.11 Å². The van der Waals surface area contributed by atoms with Gasteiger partial charge in [-0.2, -0.15) is 0 Å². The summed E-state index contributed by atoms with van der Waals surface area (Å²) >= 11 is 3.44. The number of amides is 1. The maximum absolute atomic E-state index is 12.1. The Balaban J connectivity index is 1.97. The lowest BCUT2D eigenvalue weighted by Gasteiger charge is -2.15. The lowest BCUT2D eigenvalue weighted by atomic mass is 10.1. The number of hydrogen-bond donors (Lipinski definition) is 1. The Labute approximate surface area is 133 Å². The predicted octanol–water partition coefficient (Wildman–Crippen LogP) is 3.88. The van der Waals surface area contributed by atoms with Crippen LogP contribution in [0.25, 0.3) is 0 Å². The van der Waals surface area contributed by atoms with E-state index < -0.39 is 0 Å². The molecule has 0 radical (unpaired) electrons. The van der Waals surface area contributed by atoms with Crippen LogP contribution in [0.15, 0.2) is 53.0 Å². The molecule has 110 valence electrons. The fraction of sp³-hybridized carbons (Fsp3) is 0.235. The molecule has 2 rings (SSSR count). The topological polar surface area (TPSA) is 38.3 Å². The third-order valence-electron chi connectivity index (χ3n) is 3.22. The maximum atomic E-state index is 12.1. The normalized spacial score (nSPS) is 11.8. The molecule has 1 amide bonds. The number of ether oxygens (including phenoxy) is 1. The van der Waals surface area contributed by atoms with Gasteiger partial charge in [0.05, 0.1) is 19.6 Å². The minimum atomic E-state index is -0.0272. The summed E-state index contributed by atoms with van der Waals surface area (Å²) in [6, 6.07) is 15.5. The van der Waals surface area contributed by atoms with Gasteiger partial charge in [0.1, 0.15) is 5.75 Å². The zero-order valence-electron chi connectivity index (χ0n) is 12.1. The van der Waals surface area contributed by atoms with Crippen LogP contribution in [-0.2, 0) is 11.2 Å². The highest BCUT2D eigenvalue weighted by atomic mass is 79.9. The molecule has 1 atom stereocenters. The molecule has 0 bridgehead atoms. The number of rotatable bonds is 5. The maximum Gasteiger partial charge on any atom is 0.224 e. The fourth-order valence-corrected chi connectivity index (χ4v) is 2.54. The van der Waals surface area contributed by atoms with Crippen molar-refractivity contribution in [1.29, 1.82) is 0 Å². The number of benzene rings is 2. The summed E-state index contributed by atoms with van der Waals surface area (Å²) in [4.78, 5) is 12.1. The SMILES string of the molecule is COc1cccc(CC(=O)N[C@@H](C)c2cccc(Br)c2)c1. The molecule has 21 heavy (non-hydrogen) atoms. The number of methoxy groups -OCH3 is 1. The van der Waals surface area contributed by atoms with Crippen LogP contribution in [0.4, 0.5) is 0 Å². The fourth-order valence-electron chi connectivity index (χ4n) is 2.12. The Bertz CT molecular complexity index is 628. The lowest BCUT2D eigenvalue weighted by molar-refractivity contribution is -0.121. The minimum Gasteiger partial charge on any atom is -0.497 e. The van der Waals surface area contributed by atoms with E-state index in [9.17, 15) is 4.79 Å². The van der Waals surface area contributed by atoms with Crippen molar-refractivity contribution in [3.05, 3.63) is 64.1 Å². The largest absolute Gasteiger partial charge is 0.497 e. The van der Waals surface area contributed by atoms with Crippen molar-refractivity contribution in [1.82, 2.24) is 5.32 Å². The third kappa shape index (κ3) is 4.60. The van der Waals surface area contributed by atoms with Gasteiger partial charge in [0, 0.05) is 4.47 Å². The van der Waals surface area contributed by atoms with Crippen molar-refractivity contribution >= 4 is 21.8 Å². The molecular weight excluding hydrogens is 330 g/mol. The van der Waals surface area contributed by atoms with Gasteiger partial charge >= 0.3 is 0 Å². The van der Waals surface area contributed by atoms with Crippen LogP contribution in [0.1, 0.15) is 24.1 Å². The first kappa shape index (κ1) is 15.6. The Morgan fingerprint density at radius 3 is 2.71 bits per heavy atom. The molecular formula is C17H18BrNO2. The van der Waals surface area contributed by atoms with Gasteiger partial charge in [-0.05, 0) is 42.3 Å². The molecule has 2 aromatic rings. The number of hydrogen-bond acceptors (Lipinski definition) is 2. The molecule has 0 aromatic heterocycles. The molecule has 0 unspecified atom stereocenters. The molecule has 2 aromatic carbocycles. The van der Waals surface area contributed by atoms with Crippen LogP contribution >= 0.6 is 15.9 Å². The highest BCUT2D eigenvalue weighted by molar-refractivity contribution is 9.10. The monoisotopic (exact) mass is 347 g/mol. The van der Waals surface area contributed by atoms with Gasteiger partial charge in [-0.3, -0.25) is 4.79 Å². The van der Waals surface area contributed by atoms with Gasteiger partial charge in [0.15, 0.2) is 0 Å².